The van der Waals surface area contributed by atoms with Crippen LogP contribution in [0.2, 0.25) is 0 Å². The Morgan fingerprint density at radius 1 is 0.878 bits per heavy atom. The zero-order chi connectivity index (χ0) is 28.3. The predicted molar refractivity (Wildman–Crippen MR) is 154 cm³/mol. The highest BCUT2D eigenvalue weighted by atomic mass is 19.1. The summed E-state index contributed by atoms with van der Waals surface area (Å²) in [5, 5.41) is 3.00. The molecule has 0 bridgehead atoms. The Morgan fingerprint density at radius 2 is 1.59 bits per heavy atom. The average Bonchev–Trinajstić information content (AvgIpc) is 3.49. The van der Waals surface area contributed by atoms with E-state index in [1.807, 2.05) is 59.5 Å². The molecule has 1 spiro atoms. The van der Waals surface area contributed by atoms with Gasteiger partial charge < -0.3 is 15.0 Å². The number of para-hydroxylation sites is 2. The molecule has 7 heteroatoms. The fourth-order valence-corrected chi connectivity index (χ4v) is 6.87. The Balaban J connectivity index is 1.53. The second kappa shape index (κ2) is 9.27. The van der Waals surface area contributed by atoms with Crippen molar-refractivity contribution in [3.8, 4) is 5.75 Å². The third-order valence-electron chi connectivity index (χ3n) is 8.61. The molecule has 1 amide bonds. The van der Waals surface area contributed by atoms with Gasteiger partial charge in [0.15, 0.2) is 11.6 Å². The number of hydrogen-bond donors (Lipinski definition) is 1. The van der Waals surface area contributed by atoms with Crippen LogP contribution >= 0.6 is 0 Å². The van der Waals surface area contributed by atoms with E-state index >= 15 is 4.39 Å². The molecule has 0 radical (unpaired) electrons. The molecule has 0 aliphatic carbocycles. The van der Waals surface area contributed by atoms with Crippen LogP contribution in [0.4, 0.5) is 15.8 Å². The number of hydrogen-bond acceptors (Lipinski definition) is 5. The zero-order valence-electron chi connectivity index (χ0n) is 22.1. The number of Topliss-reactive ketones (excluding diaryl/α,β-unsaturated/α-hetero) is 2. The highest BCUT2D eigenvalue weighted by Gasteiger charge is 2.70. The Labute approximate surface area is 236 Å². The topological polar surface area (TPSA) is 75.7 Å². The molecule has 1 saturated heterocycles. The molecule has 3 aliphatic heterocycles. The number of fused-ring (bicyclic) bond motifs is 6. The quantitative estimate of drug-likeness (QED) is 0.327. The summed E-state index contributed by atoms with van der Waals surface area (Å²) in [6, 6.07) is 25.4. The number of carbonyl (C=O) groups is 3. The first kappa shape index (κ1) is 25.0. The van der Waals surface area contributed by atoms with Gasteiger partial charge in [-0.3, -0.25) is 14.4 Å². The number of benzene rings is 4. The van der Waals surface area contributed by atoms with Crippen LogP contribution in [0.5, 0.6) is 5.75 Å². The van der Waals surface area contributed by atoms with Crippen molar-refractivity contribution < 1.29 is 23.5 Å². The van der Waals surface area contributed by atoms with Crippen molar-refractivity contribution in [1.29, 1.82) is 0 Å². The highest BCUT2D eigenvalue weighted by Crippen LogP contribution is 2.58. The van der Waals surface area contributed by atoms with Gasteiger partial charge in [0.05, 0.1) is 24.6 Å². The van der Waals surface area contributed by atoms with Crippen LogP contribution in [0, 0.1) is 11.7 Å². The second-order valence-corrected chi connectivity index (χ2v) is 10.5. The molecule has 202 valence electrons. The minimum atomic E-state index is -1.46. The highest BCUT2D eigenvalue weighted by molar-refractivity contribution is 6.18. The SMILES string of the molecule is COc1ccc(C(=O)[C@@H]2[C@@H](C(=O)c3ccccc3F)N3c4ccccc4C=C[C@@H]3[C@]23C(=O)Nc2ccccc23)cc1. The van der Waals surface area contributed by atoms with E-state index < -0.39 is 35.0 Å². The first-order valence-electron chi connectivity index (χ1n) is 13.4. The van der Waals surface area contributed by atoms with Gasteiger partial charge in [-0.05, 0) is 59.7 Å². The Hall–Kier alpha value is -5.04. The van der Waals surface area contributed by atoms with E-state index in [2.05, 4.69) is 5.32 Å². The van der Waals surface area contributed by atoms with Gasteiger partial charge >= 0.3 is 0 Å². The van der Waals surface area contributed by atoms with Gasteiger partial charge in [-0.1, -0.05) is 60.7 Å². The number of methoxy groups -OCH3 is 1. The summed E-state index contributed by atoms with van der Waals surface area (Å²) in [5.41, 5.74) is 1.53. The van der Waals surface area contributed by atoms with E-state index in [0.717, 1.165) is 5.56 Å². The lowest BCUT2D eigenvalue weighted by Gasteiger charge is -2.37. The van der Waals surface area contributed by atoms with Crippen molar-refractivity contribution >= 4 is 34.9 Å². The molecule has 1 N–H and O–H groups in total. The van der Waals surface area contributed by atoms with E-state index in [4.69, 9.17) is 4.74 Å². The van der Waals surface area contributed by atoms with Crippen molar-refractivity contribution in [3.63, 3.8) is 0 Å². The summed E-state index contributed by atoms with van der Waals surface area (Å²) in [5.74, 6) is -2.59. The van der Waals surface area contributed by atoms with Gasteiger partial charge in [-0.2, -0.15) is 0 Å². The molecule has 4 atom stereocenters. The molecule has 4 aromatic carbocycles. The lowest BCUT2D eigenvalue weighted by atomic mass is 9.64. The number of halogens is 1. The summed E-state index contributed by atoms with van der Waals surface area (Å²) in [4.78, 5) is 45.4. The number of ketones is 2. The minimum Gasteiger partial charge on any atom is -0.497 e. The molecule has 0 saturated carbocycles. The largest absolute Gasteiger partial charge is 0.497 e. The third-order valence-corrected chi connectivity index (χ3v) is 8.61. The Morgan fingerprint density at radius 3 is 2.37 bits per heavy atom. The lowest BCUT2D eigenvalue weighted by Crippen LogP contribution is -2.51. The van der Waals surface area contributed by atoms with Crippen molar-refractivity contribution in [3.05, 3.63) is 131 Å². The van der Waals surface area contributed by atoms with Gasteiger partial charge in [0, 0.05) is 16.9 Å². The molecule has 1 fully saturated rings. The fraction of sp³-hybridized carbons (Fsp3) is 0.147. The summed E-state index contributed by atoms with van der Waals surface area (Å²) < 4.78 is 20.5. The summed E-state index contributed by atoms with van der Waals surface area (Å²) in [7, 11) is 1.54. The van der Waals surface area contributed by atoms with Crippen molar-refractivity contribution in [2.45, 2.75) is 17.5 Å². The second-order valence-electron chi connectivity index (χ2n) is 10.5. The number of amides is 1. The molecule has 3 aliphatic rings. The lowest BCUT2D eigenvalue weighted by molar-refractivity contribution is -0.121. The van der Waals surface area contributed by atoms with E-state index in [0.29, 0.717) is 28.3 Å². The molecule has 4 aromatic rings. The van der Waals surface area contributed by atoms with E-state index in [1.54, 1.807) is 36.4 Å². The van der Waals surface area contributed by atoms with Gasteiger partial charge in [0.2, 0.25) is 5.91 Å². The van der Waals surface area contributed by atoms with Gasteiger partial charge in [-0.25, -0.2) is 4.39 Å². The van der Waals surface area contributed by atoms with Crippen molar-refractivity contribution in [2.24, 2.45) is 5.92 Å². The number of anilines is 2. The maximum absolute atomic E-state index is 15.2. The summed E-state index contributed by atoms with van der Waals surface area (Å²) in [6.07, 6.45) is 3.82. The third kappa shape index (κ3) is 3.45. The maximum Gasteiger partial charge on any atom is 0.238 e. The molecule has 3 heterocycles. The normalized spacial score (nSPS) is 23.5. The minimum absolute atomic E-state index is 0.125. The van der Waals surface area contributed by atoms with Gasteiger partial charge in [0.1, 0.15) is 23.0 Å². The molecule has 0 aromatic heterocycles. The number of nitrogens with zero attached hydrogens (tertiary/aromatic N) is 1. The molecule has 7 rings (SSSR count). The van der Waals surface area contributed by atoms with E-state index in [1.165, 1.54) is 25.3 Å². The van der Waals surface area contributed by atoms with Crippen LogP contribution in [0.3, 0.4) is 0 Å². The first-order valence-corrected chi connectivity index (χ1v) is 13.4. The standard InChI is InChI=1S/C34H25FN2O4/c1-41-22-17-14-21(15-18-22)31(38)29-30(32(39)23-9-3-5-11-25(23)35)37-27-13-7-2-8-20(27)16-19-28(37)34(29)24-10-4-6-12-26(24)36-33(34)40/h2-19,28-30H,1H3,(H,36,40)/t28-,29+,30+,34+/m1/s1. The Bertz CT molecular complexity index is 1760. The maximum atomic E-state index is 15.2. The van der Waals surface area contributed by atoms with Crippen molar-refractivity contribution in [2.75, 3.05) is 17.3 Å². The zero-order valence-corrected chi connectivity index (χ0v) is 22.1. The van der Waals surface area contributed by atoms with Crippen LogP contribution < -0.4 is 15.0 Å². The van der Waals surface area contributed by atoms with Crippen LogP contribution in [-0.2, 0) is 10.2 Å². The monoisotopic (exact) mass is 544 g/mol. The van der Waals surface area contributed by atoms with Gasteiger partial charge in [0.25, 0.3) is 0 Å². The van der Waals surface area contributed by atoms with E-state index in [9.17, 15) is 14.4 Å². The Kier molecular flexibility index (Phi) is 5.64. The summed E-state index contributed by atoms with van der Waals surface area (Å²) >= 11 is 0. The molecule has 0 unspecified atom stereocenters. The van der Waals surface area contributed by atoms with Gasteiger partial charge in [-0.15, -0.1) is 0 Å². The van der Waals surface area contributed by atoms with Crippen molar-refractivity contribution in [1.82, 2.24) is 0 Å². The number of ether oxygens (including phenoxy) is 1. The molecule has 41 heavy (non-hydrogen) atoms. The number of carbonyl (C=O) groups excluding carboxylic acids is 3. The number of rotatable bonds is 5. The van der Waals surface area contributed by atoms with Crippen LogP contribution in [0.1, 0.15) is 31.8 Å². The predicted octanol–water partition coefficient (Wildman–Crippen LogP) is 5.69. The smallest absolute Gasteiger partial charge is 0.238 e. The average molecular weight is 545 g/mol. The molecule has 6 nitrogen and oxygen atoms in total. The molecular formula is C34H25FN2O4. The first-order chi connectivity index (χ1) is 20.0. The van der Waals surface area contributed by atoms with E-state index in [-0.39, 0.29) is 17.3 Å². The summed E-state index contributed by atoms with van der Waals surface area (Å²) in [6.45, 7) is 0. The molecular weight excluding hydrogens is 519 g/mol. The fourth-order valence-electron chi connectivity index (χ4n) is 6.87. The number of nitrogens with one attached hydrogen (secondary N) is 1. The van der Waals surface area contributed by atoms with Crippen LogP contribution in [-0.4, -0.2) is 36.7 Å². The van der Waals surface area contributed by atoms with Crippen LogP contribution in [0.15, 0.2) is 103 Å². The van der Waals surface area contributed by atoms with Crippen LogP contribution in [0.25, 0.3) is 6.08 Å².